The second-order valence-corrected chi connectivity index (χ2v) is 5.37. The SMILES string of the molecule is Cc1cc(C(=O)N(C)c2snc(C)c2C(=O)O)ccc1O. The van der Waals surface area contributed by atoms with Gasteiger partial charge in [0.25, 0.3) is 5.91 Å². The fraction of sp³-hybridized carbons (Fsp3) is 0.214. The minimum absolute atomic E-state index is 0.0337. The molecule has 2 aromatic rings. The topological polar surface area (TPSA) is 90.7 Å². The van der Waals surface area contributed by atoms with Crippen LogP contribution in [0.4, 0.5) is 5.00 Å². The quantitative estimate of drug-likeness (QED) is 0.909. The van der Waals surface area contributed by atoms with E-state index >= 15 is 0 Å². The molecule has 0 spiro atoms. The molecule has 0 fully saturated rings. The number of aryl methyl sites for hydroxylation is 2. The number of hydrogen-bond donors (Lipinski definition) is 2. The van der Waals surface area contributed by atoms with Gasteiger partial charge >= 0.3 is 5.97 Å². The number of carbonyl (C=O) groups is 2. The summed E-state index contributed by atoms with van der Waals surface area (Å²) >= 11 is 0.968. The zero-order valence-corrected chi connectivity index (χ0v) is 12.6. The van der Waals surface area contributed by atoms with Crippen molar-refractivity contribution >= 4 is 28.4 Å². The first-order valence-electron chi connectivity index (χ1n) is 6.10. The first kappa shape index (κ1) is 15.0. The van der Waals surface area contributed by atoms with Crippen LogP contribution >= 0.6 is 11.5 Å². The number of aromatic nitrogens is 1. The first-order chi connectivity index (χ1) is 9.82. The number of nitrogens with zero attached hydrogens (tertiary/aromatic N) is 2. The number of aromatic carboxylic acids is 1. The van der Waals surface area contributed by atoms with Crippen molar-refractivity contribution in [3.63, 3.8) is 0 Å². The number of aromatic hydroxyl groups is 1. The predicted molar refractivity (Wildman–Crippen MR) is 79.4 cm³/mol. The molecule has 21 heavy (non-hydrogen) atoms. The molecule has 6 nitrogen and oxygen atoms in total. The molecule has 0 unspecified atom stereocenters. The van der Waals surface area contributed by atoms with Gasteiger partial charge in [0, 0.05) is 12.6 Å². The summed E-state index contributed by atoms with van der Waals surface area (Å²) in [7, 11) is 1.50. The van der Waals surface area contributed by atoms with Gasteiger partial charge in [-0.05, 0) is 49.1 Å². The van der Waals surface area contributed by atoms with Crippen LogP contribution in [0.5, 0.6) is 5.75 Å². The Morgan fingerprint density at radius 2 is 1.95 bits per heavy atom. The predicted octanol–water partition coefficient (Wildman–Crippen LogP) is 2.44. The van der Waals surface area contributed by atoms with Gasteiger partial charge in [-0.25, -0.2) is 4.79 Å². The Morgan fingerprint density at radius 1 is 1.29 bits per heavy atom. The zero-order chi connectivity index (χ0) is 15.7. The molecule has 0 aliphatic carbocycles. The number of amides is 1. The summed E-state index contributed by atoms with van der Waals surface area (Å²) in [6, 6.07) is 4.49. The van der Waals surface area contributed by atoms with Crippen LogP contribution in [0.1, 0.15) is 32.0 Å². The van der Waals surface area contributed by atoms with E-state index in [1.54, 1.807) is 19.9 Å². The Morgan fingerprint density at radius 3 is 2.52 bits per heavy atom. The third-order valence-corrected chi connectivity index (χ3v) is 4.13. The first-order valence-corrected chi connectivity index (χ1v) is 6.87. The van der Waals surface area contributed by atoms with Gasteiger partial charge in [0.15, 0.2) is 0 Å². The number of rotatable bonds is 3. The van der Waals surface area contributed by atoms with Gasteiger partial charge in [0.05, 0.1) is 5.69 Å². The third-order valence-electron chi connectivity index (χ3n) is 3.11. The van der Waals surface area contributed by atoms with Crippen LogP contribution in [0.25, 0.3) is 0 Å². The maximum atomic E-state index is 12.4. The van der Waals surface area contributed by atoms with Crippen LogP contribution in [0.3, 0.4) is 0 Å². The van der Waals surface area contributed by atoms with Crippen molar-refractivity contribution in [1.29, 1.82) is 0 Å². The van der Waals surface area contributed by atoms with Crippen molar-refractivity contribution in [3.05, 3.63) is 40.6 Å². The molecule has 0 radical (unpaired) electrons. The summed E-state index contributed by atoms with van der Waals surface area (Å²) in [5, 5.41) is 19.0. The molecule has 2 rings (SSSR count). The monoisotopic (exact) mass is 306 g/mol. The van der Waals surface area contributed by atoms with Crippen molar-refractivity contribution in [2.75, 3.05) is 11.9 Å². The Labute approximate surface area is 125 Å². The molecule has 1 aromatic carbocycles. The Hall–Kier alpha value is -2.41. The Kier molecular flexibility index (Phi) is 3.95. The second-order valence-electron chi connectivity index (χ2n) is 4.62. The van der Waals surface area contributed by atoms with Gasteiger partial charge in [0.1, 0.15) is 16.3 Å². The van der Waals surface area contributed by atoms with E-state index in [0.717, 1.165) is 11.5 Å². The molecule has 1 aromatic heterocycles. The molecular weight excluding hydrogens is 292 g/mol. The Balaban J connectivity index is 2.40. The molecule has 7 heteroatoms. The van der Waals surface area contributed by atoms with E-state index in [4.69, 9.17) is 0 Å². The molecule has 110 valence electrons. The van der Waals surface area contributed by atoms with Gasteiger partial charge in [-0.1, -0.05) is 0 Å². The summed E-state index contributed by atoms with van der Waals surface area (Å²) in [6.07, 6.45) is 0. The fourth-order valence-electron chi connectivity index (χ4n) is 1.91. The smallest absolute Gasteiger partial charge is 0.340 e. The summed E-state index contributed by atoms with van der Waals surface area (Å²) in [6.45, 7) is 3.28. The number of carboxylic acids is 1. The summed E-state index contributed by atoms with van der Waals surface area (Å²) < 4.78 is 3.99. The highest BCUT2D eigenvalue weighted by molar-refractivity contribution is 7.11. The van der Waals surface area contributed by atoms with E-state index in [-0.39, 0.29) is 22.2 Å². The standard InChI is InChI=1S/C14H14N2O4S/c1-7-6-9(4-5-10(7)17)12(18)16(3)13-11(14(19)20)8(2)15-21-13/h4-6,17H,1-3H3,(H,19,20). The van der Waals surface area contributed by atoms with Gasteiger partial charge in [-0.2, -0.15) is 4.37 Å². The maximum Gasteiger partial charge on any atom is 0.340 e. The third kappa shape index (κ3) is 2.73. The van der Waals surface area contributed by atoms with Crippen molar-refractivity contribution < 1.29 is 19.8 Å². The van der Waals surface area contributed by atoms with E-state index in [2.05, 4.69) is 4.37 Å². The highest BCUT2D eigenvalue weighted by atomic mass is 32.1. The van der Waals surface area contributed by atoms with Crippen molar-refractivity contribution in [2.45, 2.75) is 13.8 Å². The van der Waals surface area contributed by atoms with Crippen molar-refractivity contribution in [2.24, 2.45) is 0 Å². The fourth-order valence-corrected chi connectivity index (χ4v) is 2.75. The zero-order valence-electron chi connectivity index (χ0n) is 11.7. The molecule has 2 N–H and O–H groups in total. The number of carbonyl (C=O) groups excluding carboxylic acids is 1. The molecule has 0 aliphatic heterocycles. The minimum Gasteiger partial charge on any atom is -0.508 e. The van der Waals surface area contributed by atoms with E-state index < -0.39 is 5.97 Å². The van der Waals surface area contributed by atoms with Crippen LogP contribution < -0.4 is 4.90 Å². The molecule has 0 saturated carbocycles. The maximum absolute atomic E-state index is 12.4. The van der Waals surface area contributed by atoms with Gasteiger partial charge in [0.2, 0.25) is 0 Å². The molecule has 0 aliphatic rings. The molecule has 1 heterocycles. The number of hydrogen-bond acceptors (Lipinski definition) is 5. The van der Waals surface area contributed by atoms with Crippen molar-refractivity contribution in [3.8, 4) is 5.75 Å². The lowest BCUT2D eigenvalue weighted by Gasteiger charge is -2.16. The second kappa shape index (κ2) is 5.53. The van der Waals surface area contributed by atoms with Gasteiger partial charge in [-0.3, -0.25) is 4.79 Å². The molecule has 0 atom stereocenters. The van der Waals surface area contributed by atoms with Crippen LogP contribution in [0.15, 0.2) is 18.2 Å². The van der Waals surface area contributed by atoms with Gasteiger partial charge in [-0.15, -0.1) is 0 Å². The van der Waals surface area contributed by atoms with Gasteiger partial charge < -0.3 is 15.1 Å². The Bertz CT molecular complexity index is 724. The molecule has 1 amide bonds. The lowest BCUT2D eigenvalue weighted by Crippen LogP contribution is -2.27. The number of anilines is 1. The average Bonchev–Trinajstić information content (AvgIpc) is 2.82. The molecule has 0 bridgehead atoms. The highest BCUT2D eigenvalue weighted by Crippen LogP contribution is 2.29. The van der Waals surface area contributed by atoms with Crippen LogP contribution in [0, 0.1) is 13.8 Å². The number of carboxylic acid groups (broad SMARTS) is 1. The lowest BCUT2D eigenvalue weighted by atomic mass is 10.1. The van der Waals surface area contributed by atoms with E-state index in [1.165, 1.54) is 24.1 Å². The highest BCUT2D eigenvalue weighted by Gasteiger charge is 2.24. The minimum atomic E-state index is -1.11. The van der Waals surface area contributed by atoms with E-state index in [0.29, 0.717) is 16.8 Å². The summed E-state index contributed by atoms with van der Waals surface area (Å²) in [4.78, 5) is 24.9. The van der Waals surface area contributed by atoms with Crippen LogP contribution in [0.2, 0.25) is 0 Å². The van der Waals surface area contributed by atoms with Crippen LogP contribution in [-0.4, -0.2) is 33.5 Å². The van der Waals surface area contributed by atoms with Crippen LogP contribution in [-0.2, 0) is 0 Å². The summed E-state index contributed by atoms with van der Waals surface area (Å²) in [5.74, 6) is -1.36. The molecule has 0 saturated heterocycles. The summed E-state index contributed by atoms with van der Waals surface area (Å²) in [5.41, 5.74) is 1.36. The molecular formula is C14H14N2O4S. The van der Waals surface area contributed by atoms with E-state index in [1.807, 2.05) is 0 Å². The lowest BCUT2D eigenvalue weighted by molar-refractivity contribution is 0.0697. The van der Waals surface area contributed by atoms with E-state index in [9.17, 15) is 19.8 Å². The average molecular weight is 306 g/mol. The number of phenolic OH excluding ortho intramolecular Hbond substituents is 1. The number of benzene rings is 1. The normalized spacial score (nSPS) is 10.4. The number of phenols is 1. The van der Waals surface area contributed by atoms with Crippen molar-refractivity contribution in [1.82, 2.24) is 4.37 Å². The largest absolute Gasteiger partial charge is 0.508 e.